The fourth-order valence-corrected chi connectivity index (χ4v) is 3.69. The summed E-state index contributed by atoms with van der Waals surface area (Å²) in [6.07, 6.45) is 11.2. The Kier molecular flexibility index (Phi) is 6.20. The third-order valence-electron chi connectivity index (χ3n) is 5.81. The van der Waals surface area contributed by atoms with Crippen molar-refractivity contribution in [3.8, 4) is 17.1 Å². The maximum atomic E-state index is 5.88. The average molecular weight is 454 g/mol. The molecule has 34 heavy (non-hydrogen) atoms. The van der Waals surface area contributed by atoms with Crippen LogP contribution in [0.3, 0.4) is 0 Å². The zero-order valence-corrected chi connectivity index (χ0v) is 19.1. The Morgan fingerprint density at radius 1 is 1.18 bits per heavy atom. The van der Waals surface area contributed by atoms with E-state index in [-0.39, 0.29) is 0 Å². The zero-order valence-electron chi connectivity index (χ0n) is 19.1. The van der Waals surface area contributed by atoms with E-state index in [2.05, 4.69) is 37.4 Å². The van der Waals surface area contributed by atoms with E-state index in [0.717, 1.165) is 51.9 Å². The smallest absolute Gasteiger partial charge is 0.140 e. The van der Waals surface area contributed by atoms with E-state index in [0.29, 0.717) is 12.5 Å². The Morgan fingerprint density at radius 3 is 2.79 bits per heavy atom. The number of rotatable bonds is 9. The quantitative estimate of drug-likeness (QED) is 0.368. The highest BCUT2D eigenvalue weighted by Gasteiger charge is 2.22. The van der Waals surface area contributed by atoms with Gasteiger partial charge < -0.3 is 15.8 Å². The molecule has 0 bridgehead atoms. The molecule has 1 saturated carbocycles. The SMILES string of the molecule is CN=C/C(=C\N)c1ccc(CNc2cc(-c3cnc4cc(OCC5CC5)ccn34)ncn2)cc1. The predicted molar refractivity (Wildman–Crippen MR) is 135 cm³/mol. The molecule has 8 heteroatoms. The summed E-state index contributed by atoms with van der Waals surface area (Å²) in [6, 6.07) is 14.1. The number of nitrogens with two attached hydrogens (primary N) is 1. The van der Waals surface area contributed by atoms with Gasteiger partial charge >= 0.3 is 0 Å². The van der Waals surface area contributed by atoms with Crippen LogP contribution < -0.4 is 15.8 Å². The van der Waals surface area contributed by atoms with Crippen molar-refractivity contribution in [2.75, 3.05) is 19.0 Å². The molecule has 0 unspecified atom stereocenters. The number of nitrogens with one attached hydrogen (secondary N) is 1. The lowest BCUT2D eigenvalue weighted by molar-refractivity contribution is 0.300. The minimum atomic E-state index is 0.634. The van der Waals surface area contributed by atoms with Crippen molar-refractivity contribution >= 4 is 23.3 Å². The van der Waals surface area contributed by atoms with Crippen LogP contribution in [0, 0.1) is 5.92 Å². The van der Waals surface area contributed by atoms with Crippen molar-refractivity contribution in [1.82, 2.24) is 19.4 Å². The third kappa shape index (κ3) is 4.91. The normalized spacial score (nSPS) is 14.1. The highest BCUT2D eigenvalue weighted by molar-refractivity contribution is 6.09. The van der Waals surface area contributed by atoms with Crippen molar-refractivity contribution in [3.63, 3.8) is 0 Å². The fraction of sp³-hybridized carbons (Fsp3) is 0.231. The predicted octanol–water partition coefficient (Wildman–Crippen LogP) is 4.19. The Bertz CT molecular complexity index is 1340. The molecular formula is C26H27N7O. The zero-order chi connectivity index (χ0) is 23.3. The fourth-order valence-electron chi connectivity index (χ4n) is 3.69. The number of hydrogen-bond acceptors (Lipinski definition) is 7. The van der Waals surface area contributed by atoms with Crippen molar-refractivity contribution in [2.24, 2.45) is 16.6 Å². The molecule has 5 rings (SSSR count). The van der Waals surface area contributed by atoms with E-state index in [1.54, 1.807) is 25.8 Å². The number of anilines is 1. The van der Waals surface area contributed by atoms with Gasteiger partial charge in [0.05, 0.1) is 24.2 Å². The van der Waals surface area contributed by atoms with Crippen LogP contribution in [-0.2, 0) is 6.54 Å². The second-order valence-corrected chi connectivity index (χ2v) is 8.34. The van der Waals surface area contributed by atoms with E-state index >= 15 is 0 Å². The second-order valence-electron chi connectivity index (χ2n) is 8.34. The number of hydrogen-bond donors (Lipinski definition) is 2. The minimum Gasteiger partial charge on any atom is -0.493 e. The molecule has 172 valence electrons. The molecule has 1 fully saturated rings. The van der Waals surface area contributed by atoms with Gasteiger partial charge in [-0.2, -0.15) is 0 Å². The van der Waals surface area contributed by atoms with Crippen molar-refractivity contribution in [2.45, 2.75) is 19.4 Å². The summed E-state index contributed by atoms with van der Waals surface area (Å²) in [7, 11) is 1.73. The van der Waals surface area contributed by atoms with Gasteiger partial charge in [-0.3, -0.25) is 9.39 Å². The third-order valence-corrected chi connectivity index (χ3v) is 5.81. The van der Waals surface area contributed by atoms with Gasteiger partial charge in [-0.1, -0.05) is 24.3 Å². The summed E-state index contributed by atoms with van der Waals surface area (Å²) in [5, 5.41) is 3.38. The lowest BCUT2D eigenvalue weighted by atomic mass is 10.1. The van der Waals surface area contributed by atoms with Crippen LogP contribution >= 0.6 is 0 Å². The van der Waals surface area contributed by atoms with E-state index in [1.807, 2.05) is 47.1 Å². The number of imidazole rings is 1. The maximum absolute atomic E-state index is 5.88. The number of pyridine rings is 1. The van der Waals surface area contributed by atoms with Crippen molar-refractivity contribution in [1.29, 1.82) is 0 Å². The number of aromatic nitrogens is 4. The van der Waals surface area contributed by atoms with Crippen LogP contribution in [0.4, 0.5) is 5.82 Å². The molecule has 3 N–H and O–H groups in total. The van der Waals surface area contributed by atoms with Gasteiger partial charge in [0, 0.05) is 49.9 Å². The summed E-state index contributed by atoms with van der Waals surface area (Å²) in [5.41, 5.74) is 11.3. The lowest BCUT2D eigenvalue weighted by Crippen LogP contribution is -2.03. The molecule has 3 heterocycles. The van der Waals surface area contributed by atoms with Crippen LogP contribution in [0.1, 0.15) is 24.0 Å². The summed E-state index contributed by atoms with van der Waals surface area (Å²) in [6.45, 7) is 1.42. The van der Waals surface area contributed by atoms with E-state index in [1.165, 1.54) is 12.8 Å². The van der Waals surface area contributed by atoms with Gasteiger partial charge in [-0.25, -0.2) is 15.0 Å². The van der Waals surface area contributed by atoms with Crippen LogP contribution in [-0.4, -0.2) is 39.2 Å². The molecule has 4 aromatic rings. The van der Waals surface area contributed by atoms with Gasteiger partial charge in [0.25, 0.3) is 0 Å². The first-order valence-electron chi connectivity index (χ1n) is 11.3. The first-order valence-corrected chi connectivity index (χ1v) is 11.3. The van der Waals surface area contributed by atoms with Crippen LogP contribution in [0.25, 0.3) is 22.6 Å². The number of benzene rings is 1. The summed E-state index contributed by atoms with van der Waals surface area (Å²) in [4.78, 5) is 17.4. The Morgan fingerprint density at radius 2 is 2.03 bits per heavy atom. The largest absolute Gasteiger partial charge is 0.493 e. The molecule has 1 aromatic carbocycles. The van der Waals surface area contributed by atoms with Crippen LogP contribution in [0.2, 0.25) is 0 Å². The number of fused-ring (bicyclic) bond motifs is 1. The highest BCUT2D eigenvalue weighted by atomic mass is 16.5. The lowest BCUT2D eigenvalue weighted by Gasteiger charge is -2.09. The highest BCUT2D eigenvalue weighted by Crippen LogP contribution is 2.30. The summed E-state index contributed by atoms with van der Waals surface area (Å²) >= 11 is 0. The maximum Gasteiger partial charge on any atom is 0.140 e. The molecule has 0 atom stereocenters. The standard InChI is InChI=1S/C26H27N7O/c1-28-14-21(12-27)20-6-4-18(5-7-20)13-29-25-11-23(31-17-32-25)24-15-30-26-10-22(8-9-33(24)26)34-16-19-2-3-19/h4-12,14-15,17,19H,2-3,13,16,27H2,1H3,(H,29,31,32)/b21-12+,28-14?. The topological polar surface area (TPSA) is 103 Å². The van der Waals surface area contributed by atoms with E-state index < -0.39 is 0 Å². The number of ether oxygens (including phenoxy) is 1. The Balaban J connectivity index is 1.27. The Labute approximate surface area is 198 Å². The molecule has 8 nitrogen and oxygen atoms in total. The minimum absolute atomic E-state index is 0.634. The van der Waals surface area contributed by atoms with Crippen molar-refractivity contribution < 1.29 is 4.74 Å². The summed E-state index contributed by atoms with van der Waals surface area (Å²) in [5.74, 6) is 2.31. The van der Waals surface area contributed by atoms with E-state index in [9.17, 15) is 0 Å². The molecule has 0 radical (unpaired) electrons. The van der Waals surface area contributed by atoms with Gasteiger partial charge in [0.15, 0.2) is 0 Å². The van der Waals surface area contributed by atoms with Crippen LogP contribution in [0.5, 0.6) is 5.75 Å². The Hall–Kier alpha value is -4.20. The summed E-state index contributed by atoms with van der Waals surface area (Å²) < 4.78 is 7.89. The number of nitrogens with zero attached hydrogens (tertiary/aromatic N) is 5. The van der Waals surface area contributed by atoms with Gasteiger partial charge in [0.1, 0.15) is 23.5 Å². The molecule has 1 aliphatic carbocycles. The molecule has 1 aliphatic rings. The second kappa shape index (κ2) is 9.74. The van der Waals surface area contributed by atoms with E-state index in [4.69, 9.17) is 10.5 Å². The molecule has 0 saturated heterocycles. The molecule has 0 aliphatic heterocycles. The van der Waals surface area contributed by atoms with Gasteiger partial charge in [-0.15, -0.1) is 0 Å². The van der Waals surface area contributed by atoms with Crippen molar-refractivity contribution in [3.05, 3.63) is 78.5 Å². The molecule has 3 aromatic heterocycles. The average Bonchev–Trinajstić information content (AvgIpc) is 3.62. The number of aliphatic imine (C=N–C) groups is 1. The number of allylic oxidation sites excluding steroid dienone is 1. The monoisotopic (exact) mass is 453 g/mol. The molecule has 0 spiro atoms. The molecular weight excluding hydrogens is 426 g/mol. The van der Waals surface area contributed by atoms with Crippen LogP contribution in [0.15, 0.2) is 72.4 Å². The first-order chi connectivity index (χ1) is 16.7. The van der Waals surface area contributed by atoms with Gasteiger partial charge in [-0.05, 0) is 36.0 Å². The molecule has 0 amide bonds. The van der Waals surface area contributed by atoms with Gasteiger partial charge in [0.2, 0.25) is 0 Å². The first kappa shape index (κ1) is 21.6.